The Labute approximate surface area is 152 Å². The highest BCUT2D eigenvalue weighted by Crippen LogP contribution is 2.33. The number of aromatic nitrogens is 1. The number of para-hydroxylation sites is 1. The first kappa shape index (κ1) is 16.7. The molecule has 0 aliphatic carbocycles. The molecule has 0 saturated heterocycles. The molecule has 0 saturated carbocycles. The maximum absolute atomic E-state index is 12.9. The quantitative estimate of drug-likeness (QED) is 0.632. The molecule has 5 nitrogen and oxygen atoms in total. The molecule has 2 aromatic carbocycles. The number of nitrogens with one attached hydrogen (secondary N) is 2. The zero-order chi connectivity index (χ0) is 18.3. The number of quaternary nitrogens is 1. The van der Waals surface area contributed by atoms with Gasteiger partial charge >= 0.3 is 0 Å². The van der Waals surface area contributed by atoms with Gasteiger partial charge in [0.2, 0.25) is 5.78 Å². The summed E-state index contributed by atoms with van der Waals surface area (Å²) in [7, 11) is 1.56. The van der Waals surface area contributed by atoms with Crippen molar-refractivity contribution in [1.29, 1.82) is 0 Å². The lowest BCUT2D eigenvalue weighted by atomic mass is 9.92. The minimum absolute atomic E-state index is 0.151. The molecule has 2 heterocycles. The summed E-state index contributed by atoms with van der Waals surface area (Å²) in [6, 6.07) is 11.8. The number of carbonyl (C=O) groups is 1. The second kappa shape index (κ2) is 6.50. The second-order valence-electron chi connectivity index (χ2n) is 6.95. The van der Waals surface area contributed by atoms with Crippen molar-refractivity contribution in [2.75, 3.05) is 20.2 Å². The molecule has 1 aliphatic heterocycles. The minimum atomic E-state index is 0.151. The zero-order valence-electron chi connectivity index (χ0n) is 15.0. The number of hydrogen-bond donors (Lipinski definition) is 3. The predicted octanol–water partition coefficient (Wildman–Crippen LogP) is 2.27. The summed E-state index contributed by atoms with van der Waals surface area (Å²) in [5.41, 5.74) is 4.03. The molecule has 1 aromatic heterocycles. The Hall–Kier alpha value is -2.79. The first-order chi connectivity index (χ1) is 12.6. The van der Waals surface area contributed by atoms with Gasteiger partial charge in [-0.1, -0.05) is 18.2 Å². The number of rotatable bonds is 4. The van der Waals surface area contributed by atoms with Gasteiger partial charge in [-0.25, -0.2) is 0 Å². The average molecular weight is 351 g/mol. The molecule has 1 unspecified atom stereocenters. The van der Waals surface area contributed by atoms with Crippen molar-refractivity contribution >= 4 is 16.7 Å². The average Bonchev–Trinajstić information content (AvgIpc) is 3.08. The van der Waals surface area contributed by atoms with Crippen LogP contribution in [0.25, 0.3) is 10.9 Å². The number of ether oxygens (including phenoxy) is 1. The fourth-order valence-electron chi connectivity index (χ4n) is 3.99. The van der Waals surface area contributed by atoms with E-state index < -0.39 is 0 Å². The number of benzene rings is 2. The summed E-state index contributed by atoms with van der Waals surface area (Å²) in [4.78, 5) is 17.3. The molecule has 0 fully saturated rings. The molecule has 2 atom stereocenters. The Morgan fingerprint density at radius 1 is 1.35 bits per heavy atom. The van der Waals surface area contributed by atoms with Gasteiger partial charge in [-0.15, -0.1) is 0 Å². The van der Waals surface area contributed by atoms with Crippen LogP contribution in [-0.4, -0.2) is 36.1 Å². The van der Waals surface area contributed by atoms with Crippen LogP contribution in [0.5, 0.6) is 11.5 Å². The van der Waals surface area contributed by atoms with E-state index >= 15 is 0 Å². The first-order valence-corrected chi connectivity index (χ1v) is 8.92. The topological polar surface area (TPSA) is 66.8 Å². The fourth-order valence-corrected chi connectivity index (χ4v) is 3.99. The summed E-state index contributed by atoms with van der Waals surface area (Å²) >= 11 is 0. The summed E-state index contributed by atoms with van der Waals surface area (Å²) in [5, 5.41) is 11.0. The number of hydrogen-bond acceptors (Lipinski definition) is 3. The smallest absolute Gasteiger partial charge is 0.219 e. The second-order valence-corrected chi connectivity index (χ2v) is 6.95. The highest BCUT2D eigenvalue weighted by atomic mass is 16.5. The SMILES string of the molecule is COc1cc2c(cc1O)CC[NH+](CC(=O)c1c[nH]c3ccccc13)[C@@H]2C. The van der Waals surface area contributed by atoms with Crippen LogP contribution in [0.15, 0.2) is 42.6 Å². The summed E-state index contributed by atoms with van der Waals surface area (Å²) in [6.45, 7) is 3.45. The number of phenols is 1. The highest BCUT2D eigenvalue weighted by molar-refractivity contribution is 6.08. The number of methoxy groups -OCH3 is 1. The van der Waals surface area contributed by atoms with Gasteiger partial charge in [0.05, 0.1) is 13.7 Å². The van der Waals surface area contributed by atoms with E-state index in [2.05, 4.69) is 11.9 Å². The third-order valence-corrected chi connectivity index (χ3v) is 5.51. The Kier molecular flexibility index (Phi) is 4.17. The molecule has 1 aliphatic rings. The number of fused-ring (bicyclic) bond motifs is 2. The first-order valence-electron chi connectivity index (χ1n) is 8.92. The maximum atomic E-state index is 12.9. The van der Waals surface area contributed by atoms with E-state index in [9.17, 15) is 9.90 Å². The number of aromatic hydroxyl groups is 1. The van der Waals surface area contributed by atoms with E-state index in [1.807, 2.05) is 36.5 Å². The minimum Gasteiger partial charge on any atom is -0.504 e. The third kappa shape index (κ3) is 2.74. The van der Waals surface area contributed by atoms with Crippen LogP contribution in [0.2, 0.25) is 0 Å². The van der Waals surface area contributed by atoms with Gasteiger partial charge in [0.25, 0.3) is 0 Å². The number of H-pyrrole nitrogens is 1. The monoisotopic (exact) mass is 351 g/mol. The molecule has 0 amide bonds. The number of Topliss-reactive ketones (excluding diaryl/α,β-unsaturated/α-hetero) is 1. The summed E-state index contributed by atoms with van der Waals surface area (Å²) in [6.07, 6.45) is 2.66. The van der Waals surface area contributed by atoms with Gasteiger partial charge < -0.3 is 19.7 Å². The molecule has 4 rings (SSSR count). The zero-order valence-corrected chi connectivity index (χ0v) is 15.0. The molecule has 0 spiro atoms. The Balaban J connectivity index is 1.59. The van der Waals surface area contributed by atoms with Crippen molar-refractivity contribution in [2.45, 2.75) is 19.4 Å². The van der Waals surface area contributed by atoms with Crippen LogP contribution in [0, 0.1) is 0 Å². The lowest BCUT2D eigenvalue weighted by molar-refractivity contribution is -0.923. The largest absolute Gasteiger partial charge is 0.504 e. The lowest BCUT2D eigenvalue weighted by Gasteiger charge is -2.32. The lowest BCUT2D eigenvalue weighted by Crippen LogP contribution is -3.13. The number of carbonyl (C=O) groups excluding carboxylic acids is 1. The number of phenolic OH excluding ortho intramolecular Hbond substituents is 1. The van der Waals surface area contributed by atoms with Gasteiger partial charge in [-0.2, -0.15) is 0 Å². The van der Waals surface area contributed by atoms with Crippen LogP contribution in [0.4, 0.5) is 0 Å². The van der Waals surface area contributed by atoms with Gasteiger partial charge in [-0.05, 0) is 30.7 Å². The van der Waals surface area contributed by atoms with Crippen molar-refractivity contribution in [3.05, 3.63) is 59.3 Å². The van der Waals surface area contributed by atoms with Gasteiger partial charge in [0.15, 0.2) is 11.5 Å². The van der Waals surface area contributed by atoms with E-state index in [1.165, 1.54) is 4.90 Å². The van der Waals surface area contributed by atoms with Crippen LogP contribution < -0.4 is 9.64 Å². The molecule has 5 heteroatoms. The standard InChI is InChI=1S/C21H22N2O3/c1-13-16-10-21(26-2)19(24)9-14(16)7-8-23(13)12-20(25)17-11-22-18-6-4-3-5-15(17)18/h3-6,9-11,13,22,24H,7-8,12H2,1-2H3/p+1/t13-/m1/s1. The third-order valence-electron chi connectivity index (χ3n) is 5.51. The molecule has 3 N–H and O–H groups in total. The van der Waals surface area contributed by atoms with Crippen molar-refractivity contribution in [3.63, 3.8) is 0 Å². The Morgan fingerprint density at radius 2 is 2.15 bits per heavy atom. The molecule has 26 heavy (non-hydrogen) atoms. The van der Waals surface area contributed by atoms with Crippen LogP contribution in [0.1, 0.15) is 34.5 Å². The normalized spacial score (nSPS) is 19.3. The molecule has 134 valence electrons. The Bertz CT molecular complexity index is 977. The van der Waals surface area contributed by atoms with Crippen molar-refractivity contribution in [2.24, 2.45) is 0 Å². The molecule has 0 bridgehead atoms. The van der Waals surface area contributed by atoms with Crippen LogP contribution in [0.3, 0.4) is 0 Å². The van der Waals surface area contributed by atoms with Crippen molar-refractivity contribution in [1.82, 2.24) is 4.98 Å². The van der Waals surface area contributed by atoms with E-state index in [0.717, 1.165) is 40.6 Å². The molecular weight excluding hydrogens is 328 g/mol. The van der Waals surface area contributed by atoms with E-state index in [4.69, 9.17) is 4.74 Å². The fraction of sp³-hybridized carbons (Fsp3) is 0.286. The van der Waals surface area contributed by atoms with E-state index in [1.54, 1.807) is 13.2 Å². The number of ketones is 1. The van der Waals surface area contributed by atoms with E-state index in [0.29, 0.717) is 12.3 Å². The maximum Gasteiger partial charge on any atom is 0.219 e. The van der Waals surface area contributed by atoms with E-state index in [-0.39, 0.29) is 17.6 Å². The summed E-state index contributed by atoms with van der Waals surface area (Å²) in [5.74, 6) is 0.815. The summed E-state index contributed by atoms with van der Waals surface area (Å²) < 4.78 is 5.25. The van der Waals surface area contributed by atoms with Gasteiger partial charge in [0, 0.05) is 34.6 Å². The van der Waals surface area contributed by atoms with Crippen LogP contribution in [-0.2, 0) is 6.42 Å². The predicted molar refractivity (Wildman–Crippen MR) is 100 cm³/mol. The van der Waals surface area contributed by atoms with Crippen molar-refractivity contribution in [3.8, 4) is 11.5 Å². The highest BCUT2D eigenvalue weighted by Gasteiger charge is 2.31. The van der Waals surface area contributed by atoms with Crippen molar-refractivity contribution < 1.29 is 19.5 Å². The Morgan fingerprint density at radius 3 is 2.96 bits per heavy atom. The van der Waals surface area contributed by atoms with Gasteiger partial charge in [0.1, 0.15) is 12.6 Å². The van der Waals surface area contributed by atoms with Crippen LogP contribution >= 0.6 is 0 Å². The van der Waals surface area contributed by atoms with Gasteiger partial charge in [-0.3, -0.25) is 4.79 Å². The number of aromatic amines is 1. The molecule has 3 aromatic rings. The molecule has 0 radical (unpaired) electrons. The molecular formula is C21H23N2O3+.